The Morgan fingerprint density at radius 1 is 1.31 bits per heavy atom. The van der Waals surface area contributed by atoms with Crippen LogP contribution in [-0.2, 0) is 11.3 Å². The first-order valence-corrected chi connectivity index (χ1v) is 5.92. The molecule has 4 heteroatoms. The summed E-state index contributed by atoms with van der Waals surface area (Å²) in [5.41, 5.74) is 0.879. The molecule has 0 aliphatic carbocycles. The molecule has 0 aromatic carbocycles. The van der Waals surface area contributed by atoms with E-state index in [0.717, 1.165) is 30.9 Å². The molecule has 0 fully saturated rings. The molecule has 0 aliphatic heterocycles. The second-order valence-electron chi connectivity index (χ2n) is 3.83. The van der Waals surface area contributed by atoms with Crippen LogP contribution >= 0.6 is 0 Å². The zero-order valence-corrected chi connectivity index (χ0v) is 10.4. The van der Waals surface area contributed by atoms with E-state index in [4.69, 9.17) is 4.74 Å². The van der Waals surface area contributed by atoms with Crippen LogP contribution in [0.25, 0.3) is 0 Å². The van der Waals surface area contributed by atoms with Crippen LogP contribution < -0.4 is 5.32 Å². The van der Waals surface area contributed by atoms with Gasteiger partial charge in [0.25, 0.3) is 0 Å². The Labute approximate surface area is 97.5 Å². The van der Waals surface area contributed by atoms with E-state index in [1.807, 2.05) is 6.92 Å². The van der Waals surface area contributed by atoms with Crippen molar-refractivity contribution in [1.82, 2.24) is 9.97 Å². The predicted molar refractivity (Wildman–Crippen MR) is 65.4 cm³/mol. The van der Waals surface area contributed by atoms with Gasteiger partial charge in [-0.1, -0.05) is 13.3 Å². The number of hydrogen-bond donors (Lipinski definition) is 1. The lowest BCUT2D eigenvalue weighted by Crippen LogP contribution is -2.09. The average Bonchev–Trinajstić information content (AvgIpc) is 2.29. The summed E-state index contributed by atoms with van der Waals surface area (Å²) in [7, 11) is 0. The van der Waals surface area contributed by atoms with Crippen LogP contribution in [0.15, 0.2) is 12.4 Å². The molecular formula is C12H21N3O. The minimum absolute atomic E-state index is 0.292. The minimum Gasteiger partial charge on any atom is -0.372 e. The third-order valence-electron chi connectivity index (χ3n) is 2.27. The lowest BCUT2D eigenvalue weighted by Gasteiger charge is -2.11. The quantitative estimate of drug-likeness (QED) is 0.772. The molecule has 90 valence electrons. The van der Waals surface area contributed by atoms with Crippen molar-refractivity contribution in [3.05, 3.63) is 18.1 Å². The fraction of sp³-hybridized carbons (Fsp3) is 0.667. The van der Waals surface area contributed by atoms with Crippen molar-refractivity contribution in [2.75, 3.05) is 11.9 Å². The SMILES string of the molecule is CCCC(C)OCc1cnc(NCC)cn1. The topological polar surface area (TPSA) is 47.0 Å². The summed E-state index contributed by atoms with van der Waals surface area (Å²) in [5.74, 6) is 0.813. The van der Waals surface area contributed by atoms with E-state index >= 15 is 0 Å². The zero-order valence-electron chi connectivity index (χ0n) is 10.4. The molecule has 0 saturated heterocycles. The highest BCUT2D eigenvalue weighted by Crippen LogP contribution is 2.06. The van der Waals surface area contributed by atoms with E-state index in [9.17, 15) is 0 Å². The Hall–Kier alpha value is -1.16. The smallest absolute Gasteiger partial charge is 0.144 e. The number of anilines is 1. The fourth-order valence-corrected chi connectivity index (χ4v) is 1.42. The van der Waals surface area contributed by atoms with Crippen LogP contribution in [0.2, 0.25) is 0 Å². The number of hydrogen-bond acceptors (Lipinski definition) is 4. The lowest BCUT2D eigenvalue weighted by molar-refractivity contribution is 0.0451. The van der Waals surface area contributed by atoms with E-state index in [0.29, 0.717) is 12.7 Å². The first-order valence-electron chi connectivity index (χ1n) is 5.92. The van der Waals surface area contributed by atoms with Crippen molar-refractivity contribution < 1.29 is 4.74 Å². The maximum Gasteiger partial charge on any atom is 0.144 e. The molecular weight excluding hydrogens is 202 g/mol. The molecule has 1 aromatic rings. The standard InChI is InChI=1S/C12H21N3O/c1-4-6-10(3)16-9-11-7-15-12(8-14-11)13-5-2/h7-8,10H,4-6,9H2,1-3H3,(H,13,15). The molecule has 16 heavy (non-hydrogen) atoms. The van der Waals surface area contributed by atoms with Crippen molar-refractivity contribution in [3.63, 3.8) is 0 Å². The monoisotopic (exact) mass is 223 g/mol. The van der Waals surface area contributed by atoms with Gasteiger partial charge in [0.05, 0.1) is 30.8 Å². The Kier molecular flexibility index (Phi) is 5.78. The van der Waals surface area contributed by atoms with Gasteiger partial charge in [-0.25, -0.2) is 4.98 Å². The van der Waals surface area contributed by atoms with Crippen LogP contribution in [0.5, 0.6) is 0 Å². The van der Waals surface area contributed by atoms with E-state index in [-0.39, 0.29) is 0 Å². The van der Waals surface area contributed by atoms with E-state index in [2.05, 4.69) is 29.1 Å². The summed E-state index contributed by atoms with van der Waals surface area (Å²) in [4.78, 5) is 8.52. The van der Waals surface area contributed by atoms with Crippen LogP contribution in [-0.4, -0.2) is 22.6 Å². The van der Waals surface area contributed by atoms with Crippen molar-refractivity contribution in [3.8, 4) is 0 Å². The third kappa shape index (κ3) is 4.57. The van der Waals surface area contributed by atoms with Crippen molar-refractivity contribution in [2.24, 2.45) is 0 Å². The van der Waals surface area contributed by atoms with Gasteiger partial charge in [-0.2, -0.15) is 0 Å². The summed E-state index contributed by atoms with van der Waals surface area (Å²) >= 11 is 0. The van der Waals surface area contributed by atoms with Crippen molar-refractivity contribution >= 4 is 5.82 Å². The number of nitrogens with zero attached hydrogens (tertiary/aromatic N) is 2. The third-order valence-corrected chi connectivity index (χ3v) is 2.27. The minimum atomic E-state index is 0.292. The fourth-order valence-electron chi connectivity index (χ4n) is 1.42. The van der Waals surface area contributed by atoms with Gasteiger partial charge in [0.15, 0.2) is 0 Å². The highest BCUT2D eigenvalue weighted by atomic mass is 16.5. The molecule has 1 N–H and O–H groups in total. The van der Waals surface area contributed by atoms with Crippen LogP contribution in [0.3, 0.4) is 0 Å². The summed E-state index contributed by atoms with van der Waals surface area (Å²) in [6, 6.07) is 0. The molecule has 4 nitrogen and oxygen atoms in total. The Morgan fingerprint density at radius 3 is 2.69 bits per heavy atom. The second kappa shape index (κ2) is 7.17. The molecule has 1 unspecified atom stereocenters. The van der Waals surface area contributed by atoms with Crippen LogP contribution in [0, 0.1) is 0 Å². The summed E-state index contributed by atoms with van der Waals surface area (Å²) in [5, 5.41) is 3.11. The zero-order chi connectivity index (χ0) is 11.8. The van der Waals surface area contributed by atoms with Gasteiger partial charge in [0, 0.05) is 6.54 Å². The van der Waals surface area contributed by atoms with Gasteiger partial charge in [-0.3, -0.25) is 4.98 Å². The highest BCUT2D eigenvalue weighted by Gasteiger charge is 2.02. The molecule has 1 atom stereocenters. The average molecular weight is 223 g/mol. The number of aromatic nitrogens is 2. The van der Waals surface area contributed by atoms with Gasteiger partial charge in [0.2, 0.25) is 0 Å². The molecule has 1 heterocycles. The van der Waals surface area contributed by atoms with Gasteiger partial charge in [-0.15, -0.1) is 0 Å². The molecule has 0 saturated carbocycles. The summed E-state index contributed by atoms with van der Waals surface area (Å²) in [6.45, 7) is 7.68. The number of ether oxygens (including phenoxy) is 1. The van der Waals surface area contributed by atoms with Crippen LogP contribution in [0.1, 0.15) is 39.3 Å². The number of nitrogens with one attached hydrogen (secondary N) is 1. The molecule has 1 aromatic heterocycles. The lowest BCUT2D eigenvalue weighted by atomic mass is 10.2. The molecule has 0 spiro atoms. The maximum absolute atomic E-state index is 5.65. The van der Waals surface area contributed by atoms with Gasteiger partial charge in [-0.05, 0) is 20.3 Å². The predicted octanol–water partition coefficient (Wildman–Crippen LogP) is 2.61. The van der Waals surface area contributed by atoms with E-state index < -0.39 is 0 Å². The van der Waals surface area contributed by atoms with Crippen molar-refractivity contribution in [1.29, 1.82) is 0 Å². The van der Waals surface area contributed by atoms with Gasteiger partial charge >= 0.3 is 0 Å². The first-order chi connectivity index (χ1) is 7.76. The van der Waals surface area contributed by atoms with E-state index in [1.165, 1.54) is 0 Å². The first kappa shape index (κ1) is 12.9. The Morgan fingerprint density at radius 2 is 2.12 bits per heavy atom. The highest BCUT2D eigenvalue weighted by molar-refractivity contribution is 5.30. The molecule has 1 rings (SSSR count). The van der Waals surface area contributed by atoms with Gasteiger partial charge in [0.1, 0.15) is 5.82 Å². The molecule has 0 aliphatic rings. The second-order valence-corrected chi connectivity index (χ2v) is 3.83. The van der Waals surface area contributed by atoms with Crippen LogP contribution in [0.4, 0.5) is 5.82 Å². The normalized spacial score (nSPS) is 12.4. The Bertz CT molecular complexity index is 287. The number of rotatable bonds is 7. The largest absolute Gasteiger partial charge is 0.372 e. The molecule has 0 amide bonds. The van der Waals surface area contributed by atoms with E-state index in [1.54, 1.807) is 12.4 Å². The maximum atomic E-state index is 5.65. The van der Waals surface area contributed by atoms with Gasteiger partial charge < -0.3 is 10.1 Å². The summed E-state index contributed by atoms with van der Waals surface area (Å²) in [6.07, 6.45) is 6.03. The Balaban J connectivity index is 2.37. The van der Waals surface area contributed by atoms with Crippen molar-refractivity contribution in [2.45, 2.75) is 46.3 Å². The molecule has 0 bridgehead atoms. The summed E-state index contributed by atoms with van der Waals surface area (Å²) < 4.78 is 5.65. The molecule has 0 radical (unpaired) electrons.